The summed E-state index contributed by atoms with van der Waals surface area (Å²) in [6.45, 7) is 2.54. The summed E-state index contributed by atoms with van der Waals surface area (Å²) in [5.41, 5.74) is -1.55. The Bertz CT molecular complexity index is 716. The van der Waals surface area contributed by atoms with Crippen LogP contribution in [-0.2, 0) is 16.1 Å². The summed E-state index contributed by atoms with van der Waals surface area (Å²) in [5, 5.41) is 0. The Balaban J connectivity index is 2.18. The molecule has 0 amide bonds. The summed E-state index contributed by atoms with van der Waals surface area (Å²) < 4.78 is 64.1. The SMILES string of the molecule is COc1c(F)c(F)c(COC(=O)[C@@H]2[C@@H](C=C(Cl)Cl)C2(C)C)c(F)c1F. The molecule has 138 valence electrons. The quantitative estimate of drug-likeness (QED) is 0.401. The number of carbonyl (C=O) groups is 1. The normalized spacial score (nSPS) is 20.8. The number of hydrogen-bond donors (Lipinski definition) is 0. The Hall–Kier alpha value is -1.47. The van der Waals surface area contributed by atoms with Crippen LogP contribution in [-0.4, -0.2) is 13.1 Å². The van der Waals surface area contributed by atoms with E-state index < -0.39 is 58.5 Å². The second-order valence-electron chi connectivity index (χ2n) is 6.16. The molecule has 0 unspecified atom stereocenters. The molecule has 1 aliphatic carbocycles. The Morgan fingerprint density at radius 1 is 1.12 bits per heavy atom. The summed E-state index contributed by atoms with van der Waals surface area (Å²) in [6, 6.07) is 0. The third-order valence-corrected chi connectivity index (χ3v) is 4.60. The van der Waals surface area contributed by atoms with Gasteiger partial charge in [-0.1, -0.05) is 37.0 Å². The predicted molar refractivity (Wildman–Crippen MR) is 83.2 cm³/mol. The van der Waals surface area contributed by atoms with E-state index >= 15 is 0 Å². The number of halogens is 6. The number of methoxy groups -OCH3 is 1. The van der Waals surface area contributed by atoms with Crippen molar-refractivity contribution in [2.75, 3.05) is 7.11 Å². The van der Waals surface area contributed by atoms with Crippen LogP contribution in [0.5, 0.6) is 5.75 Å². The fourth-order valence-corrected chi connectivity index (χ4v) is 3.04. The van der Waals surface area contributed by atoms with E-state index in [2.05, 4.69) is 4.74 Å². The second-order valence-corrected chi connectivity index (χ2v) is 7.16. The molecule has 1 aromatic rings. The van der Waals surface area contributed by atoms with Crippen LogP contribution in [0.1, 0.15) is 19.4 Å². The molecule has 1 fully saturated rings. The van der Waals surface area contributed by atoms with Gasteiger partial charge in [-0.3, -0.25) is 4.79 Å². The molecule has 1 aliphatic rings. The molecule has 25 heavy (non-hydrogen) atoms. The standard InChI is InChI=1S/C16H14Cl2F4O3/c1-16(2)7(4-8(17)18)9(16)15(23)25-5-6-10(19)12(21)14(24-3)13(22)11(6)20/h4,7,9H,5H2,1-3H3/t7-,9+/m1/s1. The van der Waals surface area contributed by atoms with Crippen molar-refractivity contribution in [3.63, 3.8) is 0 Å². The fourth-order valence-electron chi connectivity index (χ4n) is 2.77. The third-order valence-electron chi connectivity index (χ3n) is 4.35. The van der Waals surface area contributed by atoms with Gasteiger partial charge in [0.2, 0.25) is 11.6 Å². The van der Waals surface area contributed by atoms with Crippen LogP contribution in [0.3, 0.4) is 0 Å². The lowest BCUT2D eigenvalue weighted by molar-refractivity contribution is -0.147. The van der Waals surface area contributed by atoms with Crippen LogP contribution >= 0.6 is 23.2 Å². The molecule has 0 aromatic heterocycles. The number of rotatable bonds is 5. The van der Waals surface area contributed by atoms with E-state index in [0.29, 0.717) is 0 Å². The smallest absolute Gasteiger partial charge is 0.310 e. The number of allylic oxidation sites excluding steroid dienone is 1. The van der Waals surface area contributed by atoms with Crippen LogP contribution in [0.25, 0.3) is 0 Å². The number of carbonyl (C=O) groups excluding carboxylic acids is 1. The first-order valence-electron chi connectivity index (χ1n) is 7.12. The summed E-state index contributed by atoms with van der Waals surface area (Å²) in [4.78, 5) is 12.1. The molecule has 9 heteroatoms. The van der Waals surface area contributed by atoms with Crippen molar-refractivity contribution >= 4 is 29.2 Å². The van der Waals surface area contributed by atoms with Gasteiger partial charge in [0.1, 0.15) is 11.1 Å². The number of ether oxygens (including phenoxy) is 2. The van der Waals surface area contributed by atoms with Gasteiger partial charge < -0.3 is 9.47 Å². The number of esters is 1. The molecule has 0 radical (unpaired) electrons. The van der Waals surface area contributed by atoms with E-state index in [1.165, 1.54) is 6.08 Å². The Morgan fingerprint density at radius 2 is 1.64 bits per heavy atom. The first-order chi connectivity index (χ1) is 11.5. The van der Waals surface area contributed by atoms with Gasteiger partial charge in [0.05, 0.1) is 18.6 Å². The van der Waals surface area contributed by atoms with E-state index in [1.54, 1.807) is 13.8 Å². The molecule has 2 rings (SSSR count). The molecule has 0 spiro atoms. The zero-order valence-corrected chi connectivity index (χ0v) is 14.9. The number of benzene rings is 1. The summed E-state index contributed by atoms with van der Waals surface area (Å²) in [7, 11) is 0.866. The van der Waals surface area contributed by atoms with Crippen LogP contribution in [0.4, 0.5) is 17.6 Å². The van der Waals surface area contributed by atoms with Gasteiger partial charge in [-0.25, -0.2) is 8.78 Å². The minimum absolute atomic E-state index is 0.0234. The van der Waals surface area contributed by atoms with Crippen molar-refractivity contribution in [2.24, 2.45) is 17.3 Å². The highest BCUT2D eigenvalue weighted by Crippen LogP contribution is 2.60. The first-order valence-corrected chi connectivity index (χ1v) is 7.87. The van der Waals surface area contributed by atoms with Crippen molar-refractivity contribution < 1.29 is 31.8 Å². The van der Waals surface area contributed by atoms with Crippen molar-refractivity contribution in [1.29, 1.82) is 0 Å². The average Bonchev–Trinajstić information content (AvgIpc) is 3.05. The topological polar surface area (TPSA) is 35.5 Å². The monoisotopic (exact) mass is 400 g/mol. The molecule has 1 aromatic carbocycles. The zero-order valence-electron chi connectivity index (χ0n) is 13.4. The molecule has 3 nitrogen and oxygen atoms in total. The fraction of sp³-hybridized carbons (Fsp3) is 0.438. The lowest BCUT2D eigenvalue weighted by Gasteiger charge is -2.11. The maximum atomic E-state index is 13.9. The van der Waals surface area contributed by atoms with Crippen LogP contribution in [0, 0.1) is 40.5 Å². The summed E-state index contributed by atoms with van der Waals surface area (Å²) in [5.74, 6) is -9.68. The molecule has 0 saturated heterocycles. The lowest BCUT2D eigenvalue weighted by atomic mass is 10.1. The summed E-state index contributed by atoms with van der Waals surface area (Å²) >= 11 is 11.1. The van der Waals surface area contributed by atoms with Crippen molar-refractivity contribution in [3.05, 3.63) is 39.4 Å². The molecule has 1 saturated carbocycles. The van der Waals surface area contributed by atoms with E-state index in [9.17, 15) is 22.4 Å². The van der Waals surface area contributed by atoms with Crippen LogP contribution in [0.2, 0.25) is 0 Å². The van der Waals surface area contributed by atoms with Crippen LogP contribution < -0.4 is 4.74 Å². The highest BCUT2D eigenvalue weighted by Gasteiger charge is 2.61. The largest absolute Gasteiger partial charge is 0.491 e. The average molecular weight is 401 g/mol. The summed E-state index contributed by atoms with van der Waals surface area (Å²) in [6.07, 6.45) is 1.46. The van der Waals surface area contributed by atoms with Gasteiger partial charge in [0.15, 0.2) is 17.4 Å². The van der Waals surface area contributed by atoms with Gasteiger partial charge >= 0.3 is 5.97 Å². The van der Waals surface area contributed by atoms with Crippen LogP contribution in [0.15, 0.2) is 10.6 Å². The van der Waals surface area contributed by atoms with E-state index in [-0.39, 0.29) is 10.4 Å². The molecule has 0 N–H and O–H groups in total. The van der Waals surface area contributed by atoms with Gasteiger partial charge in [0, 0.05) is 0 Å². The Morgan fingerprint density at radius 3 is 2.08 bits per heavy atom. The number of hydrogen-bond acceptors (Lipinski definition) is 3. The zero-order chi connectivity index (χ0) is 19.1. The molecular formula is C16H14Cl2F4O3. The van der Waals surface area contributed by atoms with Gasteiger partial charge in [-0.15, -0.1) is 0 Å². The lowest BCUT2D eigenvalue weighted by Crippen LogP contribution is -2.14. The maximum absolute atomic E-state index is 13.9. The van der Waals surface area contributed by atoms with Gasteiger partial charge in [-0.05, 0) is 17.4 Å². The highest BCUT2D eigenvalue weighted by atomic mass is 35.5. The Labute approximate surface area is 151 Å². The third kappa shape index (κ3) is 3.58. The first kappa shape index (κ1) is 19.8. The highest BCUT2D eigenvalue weighted by molar-refractivity contribution is 6.55. The van der Waals surface area contributed by atoms with Gasteiger partial charge in [0.25, 0.3) is 0 Å². The second kappa shape index (κ2) is 7.03. The maximum Gasteiger partial charge on any atom is 0.310 e. The van der Waals surface area contributed by atoms with Crippen molar-refractivity contribution in [1.82, 2.24) is 0 Å². The Kier molecular flexibility index (Phi) is 5.59. The molecule has 0 heterocycles. The minimum atomic E-state index is -1.70. The molecule has 0 bridgehead atoms. The molecular weight excluding hydrogens is 387 g/mol. The minimum Gasteiger partial charge on any atom is -0.491 e. The molecule has 0 aliphatic heterocycles. The van der Waals surface area contributed by atoms with E-state index in [1.807, 2.05) is 0 Å². The van der Waals surface area contributed by atoms with Gasteiger partial charge in [-0.2, -0.15) is 8.78 Å². The van der Waals surface area contributed by atoms with Crippen molar-refractivity contribution in [3.8, 4) is 5.75 Å². The van der Waals surface area contributed by atoms with E-state index in [4.69, 9.17) is 27.9 Å². The molecule has 2 atom stereocenters. The van der Waals surface area contributed by atoms with E-state index in [0.717, 1.165) is 7.11 Å². The van der Waals surface area contributed by atoms with Crippen molar-refractivity contribution in [2.45, 2.75) is 20.5 Å². The predicted octanol–water partition coefficient (Wildman–Crippen LogP) is 4.89.